The molecule has 1 aromatic rings. The molecule has 2 amide bonds. The van der Waals surface area contributed by atoms with Crippen molar-refractivity contribution in [3.8, 4) is 0 Å². The topological polar surface area (TPSA) is 66.9 Å². The minimum Gasteiger partial charge on any atom is -0.455 e. The zero-order chi connectivity index (χ0) is 21.2. The molecule has 0 radical (unpaired) electrons. The van der Waals surface area contributed by atoms with E-state index in [9.17, 15) is 14.4 Å². The predicted octanol–water partition coefficient (Wildman–Crippen LogP) is 2.91. The third-order valence-electron chi connectivity index (χ3n) is 4.89. The molecule has 0 aliphatic carbocycles. The molecule has 0 spiro atoms. The van der Waals surface area contributed by atoms with Crippen molar-refractivity contribution in [1.29, 1.82) is 0 Å². The predicted molar refractivity (Wildman–Crippen MR) is 113 cm³/mol. The molecule has 0 saturated carbocycles. The number of benzene rings is 1. The molecule has 0 atom stereocenters. The number of rotatable bonds is 8. The van der Waals surface area contributed by atoms with E-state index in [0.717, 1.165) is 11.1 Å². The minimum atomic E-state index is -0.364. The van der Waals surface area contributed by atoms with Crippen LogP contribution in [0.1, 0.15) is 32.3 Å². The molecule has 6 heteroatoms. The molecule has 0 aromatic heterocycles. The van der Waals surface area contributed by atoms with Gasteiger partial charge in [0.15, 0.2) is 6.61 Å². The second-order valence-electron chi connectivity index (χ2n) is 7.32. The first kappa shape index (κ1) is 22.4. The number of likely N-dealkylation sites (N-methyl/N-ethyl adjacent to an activating group) is 1. The number of carbonyl (C=O) groups excluding carboxylic acids is 3. The van der Waals surface area contributed by atoms with Gasteiger partial charge in [-0.1, -0.05) is 42.5 Å². The Kier molecular flexibility index (Phi) is 8.65. The summed E-state index contributed by atoms with van der Waals surface area (Å²) in [5.74, 6) is -0.922. The van der Waals surface area contributed by atoms with E-state index in [4.69, 9.17) is 4.74 Å². The van der Waals surface area contributed by atoms with Gasteiger partial charge in [-0.2, -0.15) is 0 Å². The van der Waals surface area contributed by atoms with Gasteiger partial charge in [-0.15, -0.1) is 0 Å². The Morgan fingerprint density at radius 2 is 1.86 bits per heavy atom. The second-order valence-corrected chi connectivity index (χ2v) is 7.32. The van der Waals surface area contributed by atoms with Crippen molar-refractivity contribution in [3.05, 3.63) is 54.1 Å². The summed E-state index contributed by atoms with van der Waals surface area (Å²) in [4.78, 5) is 40.1. The fourth-order valence-corrected chi connectivity index (χ4v) is 3.22. The molecule has 29 heavy (non-hydrogen) atoms. The van der Waals surface area contributed by atoms with Gasteiger partial charge in [0.25, 0.3) is 5.91 Å². The summed E-state index contributed by atoms with van der Waals surface area (Å²) in [5, 5.41) is 0. The smallest absolute Gasteiger partial charge is 0.309 e. The van der Waals surface area contributed by atoms with E-state index in [0.29, 0.717) is 39.0 Å². The van der Waals surface area contributed by atoms with Crippen LogP contribution in [0.2, 0.25) is 0 Å². The quantitative estimate of drug-likeness (QED) is 0.384. The Morgan fingerprint density at radius 3 is 2.45 bits per heavy atom. The van der Waals surface area contributed by atoms with Crippen molar-refractivity contribution in [1.82, 2.24) is 9.80 Å². The van der Waals surface area contributed by atoms with Crippen molar-refractivity contribution in [3.63, 3.8) is 0 Å². The summed E-state index contributed by atoms with van der Waals surface area (Å²) in [5.41, 5.74) is 1.85. The number of esters is 1. The third-order valence-corrected chi connectivity index (χ3v) is 4.89. The molecule has 0 unspecified atom stereocenters. The van der Waals surface area contributed by atoms with Crippen molar-refractivity contribution in [2.24, 2.45) is 5.92 Å². The van der Waals surface area contributed by atoms with Gasteiger partial charge in [-0.25, -0.2) is 0 Å². The Hall–Kier alpha value is -2.89. The minimum absolute atomic E-state index is 0.0609. The zero-order valence-corrected chi connectivity index (χ0v) is 17.3. The molecular weight excluding hydrogens is 368 g/mol. The summed E-state index contributed by atoms with van der Waals surface area (Å²) in [6, 6.07) is 9.64. The van der Waals surface area contributed by atoms with E-state index in [1.165, 1.54) is 0 Å². The van der Waals surface area contributed by atoms with E-state index in [1.54, 1.807) is 22.0 Å². The van der Waals surface area contributed by atoms with Crippen LogP contribution in [0.3, 0.4) is 0 Å². The molecule has 2 rings (SSSR count). The van der Waals surface area contributed by atoms with E-state index in [-0.39, 0.29) is 30.3 Å². The molecule has 1 fully saturated rings. The maximum atomic E-state index is 12.3. The van der Waals surface area contributed by atoms with Crippen molar-refractivity contribution >= 4 is 23.9 Å². The summed E-state index contributed by atoms with van der Waals surface area (Å²) in [6.07, 6.45) is 4.44. The number of amides is 2. The molecule has 1 saturated heterocycles. The normalized spacial score (nSPS) is 14.6. The molecule has 0 N–H and O–H groups in total. The highest BCUT2D eigenvalue weighted by Crippen LogP contribution is 2.19. The van der Waals surface area contributed by atoms with Crippen LogP contribution in [0.5, 0.6) is 0 Å². The average molecular weight is 399 g/mol. The lowest BCUT2D eigenvalue weighted by Gasteiger charge is -2.30. The van der Waals surface area contributed by atoms with Gasteiger partial charge in [0.05, 0.1) is 5.92 Å². The van der Waals surface area contributed by atoms with Gasteiger partial charge in [0, 0.05) is 32.3 Å². The highest BCUT2D eigenvalue weighted by atomic mass is 16.5. The molecule has 156 valence electrons. The first-order valence-electron chi connectivity index (χ1n) is 10.0. The summed E-state index contributed by atoms with van der Waals surface area (Å²) in [6.45, 7) is 9.29. The van der Waals surface area contributed by atoms with Gasteiger partial charge in [0.2, 0.25) is 5.91 Å². The lowest BCUT2D eigenvalue weighted by molar-refractivity contribution is -0.157. The molecule has 1 heterocycles. The second kappa shape index (κ2) is 11.2. The fourth-order valence-electron chi connectivity index (χ4n) is 3.22. The number of likely N-dealkylation sites (tertiary alicyclic amines) is 1. The monoisotopic (exact) mass is 398 g/mol. The number of piperidine rings is 1. The van der Waals surface area contributed by atoms with Gasteiger partial charge < -0.3 is 14.5 Å². The largest absolute Gasteiger partial charge is 0.455 e. The number of nitrogens with zero attached hydrogens (tertiary/aromatic N) is 2. The summed E-state index contributed by atoms with van der Waals surface area (Å²) >= 11 is 0. The lowest BCUT2D eigenvalue weighted by Crippen LogP contribution is -2.41. The van der Waals surface area contributed by atoms with Crippen LogP contribution in [0.25, 0.3) is 6.08 Å². The van der Waals surface area contributed by atoms with Crippen molar-refractivity contribution < 1.29 is 19.1 Å². The van der Waals surface area contributed by atoms with E-state index in [2.05, 4.69) is 6.58 Å². The highest BCUT2D eigenvalue weighted by Gasteiger charge is 2.28. The Labute approximate surface area is 172 Å². The maximum absolute atomic E-state index is 12.3. The number of hydrogen-bond donors (Lipinski definition) is 0. The first-order valence-corrected chi connectivity index (χ1v) is 10.0. The van der Waals surface area contributed by atoms with Crippen LogP contribution in [0.15, 0.2) is 48.6 Å². The van der Waals surface area contributed by atoms with Gasteiger partial charge >= 0.3 is 5.97 Å². The SMILES string of the molecule is C=C(C)CN(CC)C(=O)COC(=O)C1CCN(C(=O)/C=C/c2ccccc2)CC1. The molecule has 1 aliphatic heterocycles. The van der Waals surface area contributed by atoms with Gasteiger partial charge in [-0.05, 0) is 38.3 Å². The Balaban J connectivity index is 1.76. The molecular formula is C23H30N2O4. The molecule has 0 bridgehead atoms. The standard InChI is InChI=1S/C23H30N2O4/c1-4-24(16-18(2)3)22(27)17-29-23(28)20-12-14-25(15-13-20)21(26)11-10-19-8-6-5-7-9-19/h5-11,20H,2,4,12-17H2,1,3H3/b11-10+. The van der Waals surface area contributed by atoms with Crippen LogP contribution >= 0.6 is 0 Å². The van der Waals surface area contributed by atoms with E-state index < -0.39 is 0 Å². The number of ether oxygens (including phenoxy) is 1. The van der Waals surface area contributed by atoms with Gasteiger partial charge in [-0.3, -0.25) is 14.4 Å². The van der Waals surface area contributed by atoms with Crippen LogP contribution in [0, 0.1) is 5.92 Å². The van der Waals surface area contributed by atoms with Crippen LogP contribution in [0.4, 0.5) is 0 Å². The molecule has 1 aromatic carbocycles. The fraction of sp³-hybridized carbons (Fsp3) is 0.435. The Morgan fingerprint density at radius 1 is 1.21 bits per heavy atom. The van der Waals surface area contributed by atoms with Crippen LogP contribution in [-0.4, -0.2) is 60.4 Å². The van der Waals surface area contributed by atoms with Crippen LogP contribution < -0.4 is 0 Å². The molecule has 6 nitrogen and oxygen atoms in total. The average Bonchev–Trinajstić information content (AvgIpc) is 2.74. The van der Waals surface area contributed by atoms with Crippen molar-refractivity contribution in [2.75, 3.05) is 32.8 Å². The van der Waals surface area contributed by atoms with Crippen molar-refractivity contribution in [2.45, 2.75) is 26.7 Å². The maximum Gasteiger partial charge on any atom is 0.309 e. The Bertz CT molecular complexity index is 749. The number of hydrogen-bond acceptors (Lipinski definition) is 4. The lowest BCUT2D eigenvalue weighted by atomic mass is 9.97. The van der Waals surface area contributed by atoms with Crippen LogP contribution in [-0.2, 0) is 19.1 Å². The molecule has 1 aliphatic rings. The number of carbonyl (C=O) groups is 3. The van der Waals surface area contributed by atoms with E-state index in [1.807, 2.05) is 44.2 Å². The summed E-state index contributed by atoms with van der Waals surface area (Å²) < 4.78 is 5.23. The summed E-state index contributed by atoms with van der Waals surface area (Å²) in [7, 11) is 0. The third kappa shape index (κ3) is 7.22. The highest BCUT2D eigenvalue weighted by molar-refractivity contribution is 5.92. The zero-order valence-electron chi connectivity index (χ0n) is 17.3. The van der Waals surface area contributed by atoms with Gasteiger partial charge in [0.1, 0.15) is 0 Å². The van der Waals surface area contributed by atoms with E-state index >= 15 is 0 Å². The first-order chi connectivity index (χ1) is 13.9.